The van der Waals surface area contributed by atoms with Gasteiger partial charge in [0.1, 0.15) is 0 Å². The molecule has 0 aromatic heterocycles. The second kappa shape index (κ2) is 5.87. The zero-order valence-corrected chi connectivity index (χ0v) is 12.7. The first-order chi connectivity index (χ1) is 9.00. The molecule has 1 heterocycles. The Morgan fingerprint density at radius 1 is 1.05 bits per heavy atom. The minimum absolute atomic E-state index is 0.314. The van der Waals surface area contributed by atoms with Crippen LogP contribution in [0.3, 0.4) is 0 Å². The minimum atomic E-state index is 0.314. The Bertz CT molecular complexity index is 458. The van der Waals surface area contributed by atoms with Crippen LogP contribution in [0.2, 0.25) is 0 Å². The van der Waals surface area contributed by atoms with Crippen molar-refractivity contribution in [1.82, 2.24) is 4.90 Å². The fourth-order valence-corrected chi connectivity index (χ4v) is 3.03. The number of hydrogen-bond donors (Lipinski definition) is 0. The smallest absolute Gasteiger partial charge is 0.164 e. The van der Waals surface area contributed by atoms with Crippen LogP contribution in [0, 0.1) is 27.7 Å². The Morgan fingerprint density at radius 3 is 2.11 bits per heavy atom. The summed E-state index contributed by atoms with van der Waals surface area (Å²) in [4.78, 5) is 14.9. The summed E-state index contributed by atoms with van der Waals surface area (Å²) in [5.41, 5.74) is 5.75. The maximum absolute atomic E-state index is 12.5. The Labute approximate surface area is 116 Å². The summed E-state index contributed by atoms with van der Waals surface area (Å²) in [5, 5.41) is 0. The van der Waals surface area contributed by atoms with E-state index in [-0.39, 0.29) is 0 Å². The fraction of sp³-hybridized carbons (Fsp3) is 0.588. The first kappa shape index (κ1) is 14.3. The maximum Gasteiger partial charge on any atom is 0.164 e. The van der Waals surface area contributed by atoms with Crippen LogP contribution >= 0.6 is 0 Å². The van der Waals surface area contributed by atoms with Gasteiger partial charge in [0.15, 0.2) is 5.78 Å². The third-order valence-electron chi connectivity index (χ3n) is 4.50. The van der Waals surface area contributed by atoms with Crippen molar-refractivity contribution in [1.29, 1.82) is 0 Å². The maximum atomic E-state index is 12.5. The molecular formula is C17H25NO. The van der Waals surface area contributed by atoms with Gasteiger partial charge in [-0.2, -0.15) is 0 Å². The monoisotopic (exact) mass is 259 g/mol. The first-order valence-corrected chi connectivity index (χ1v) is 7.33. The van der Waals surface area contributed by atoms with Crippen LogP contribution in [0.4, 0.5) is 0 Å². The predicted octanol–water partition coefficient (Wildman–Crippen LogP) is 3.59. The topological polar surface area (TPSA) is 20.3 Å². The number of carbonyl (C=O) groups excluding carboxylic acids is 1. The summed E-state index contributed by atoms with van der Waals surface area (Å²) in [5.74, 6) is 0.314. The van der Waals surface area contributed by atoms with Gasteiger partial charge in [-0.15, -0.1) is 0 Å². The molecule has 0 radical (unpaired) electrons. The van der Waals surface area contributed by atoms with E-state index >= 15 is 0 Å². The van der Waals surface area contributed by atoms with Crippen LogP contribution in [0.1, 0.15) is 51.9 Å². The molecule has 0 amide bonds. The SMILES string of the molecule is Cc1cc(C)c(C)c(C(=O)CCN2CCCC2)c1C. The Morgan fingerprint density at radius 2 is 1.58 bits per heavy atom. The number of aryl methyl sites for hydroxylation is 2. The van der Waals surface area contributed by atoms with E-state index in [4.69, 9.17) is 0 Å². The molecule has 2 heteroatoms. The Hall–Kier alpha value is -1.15. The molecule has 104 valence electrons. The van der Waals surface area contributed by atoms with Crippen molar-refractivity contribution in [2.75, 3.05) is 19.6 Å². The highest BCUT2D eigenvalue weighted by Gasteiger charge is 2.18. The van der Waals surface area contributed by atoms with Gasteiger partial charge in [-0.05, 0) is 75.9 Å². The molecule has 1 saturated heterocycles. The number of ketones is 1. The summed E-state index contributed by atoms with van der Waals surface area (Å²) >= 11 is 0. The van der Waals surface area contributed by atoms with Crippen LogP contribution in [-0.4, -0.2) is 30.3 Å². The summed E-state index contributed by atoms with van der Waals surface area (Å²) in [6.45, 7) is 11.6. The largest absolute Gasteiger partial charge is 0.303 e. The van der Waals surface area contributed by atoms with Crippen molar-refractivity contribution >= 4 is 5.78 Å². The minimum Gasteiger partial charge on any atom is -0.303 e. The highest BCUT2D eigenvalue weighted by Crippen LogP contribution is 2.23. The molecule has 2 rings (SSSR count). The van der Waals surface area contributed by atoms with Gasteiger partial charge in [-0.25, -0.2) is 0 Å². The number of likely N-dealkylation sites (tertiary alicyclic amines) is 1. The summed E-state index contributed by atoms with van der Waals surface area (Å²) in [6, 6.07) is 2.18. The van der Waals surface area contributed by atoms with Crippen molar-refractivity contribution in [3.05, 3.63) is 33.9 Å². The van der Waals surface area contributed by atoms with Crippen molar-refractivity contribution in [3.8, 4) is 0 Å². The molecule has 0 N–H and O–H groups in total. The van der Waals surface area contributed by atoms with Crippen molar-refractivity contribution < 1.29 is 4.79 Å². The van der Waals surface area contributed by atoms with E-state index in [9.17, 15) is 4.79 Å². The van der Waals surface area contributed by atoms with Crippen LogP contribution in [0.5, 0.6) is 0 Å². The molecule has 0 saturated carbocycles. The molecule has 1 fully saturated rings. The van der Waals surface area contributed by atoms with Gasteiger partial charge < -0.3 is 4.90 Å². The van der Waals surface area contributed by atoms with E-state index in [0.717, 1.165) is 36.3 Å². The lowest BCUT2D eigenvalue weighted by Gasteiger charge is -2.17. The van der Waals surface area contributed by atoms with Gasteiger partial charge in [0, 0.05) is 18.5 Å². The number of hydrogen-bond acceptors (Lipinski definition) is 2. The zero-order valence-electron chi connectivity index (χ0n) is 12.7. The van der Waals surface area contributed by atoms with E-state index in [2.05, 4.69) is 38.7 Å². The molecular weight excluding hydrogens is 234 g/mol. The molecule has 1 aromatic rings. The van der Waals surface area contributed by atoms with Gasteiger partial charge in [-0.3, -0.25) is 4.79 Å². The van der Waals surface area contributed by atoms with Gasteiger partial charge in [0.2, 0.25) is 0 Å². The van der Waals surface area contributed by atoms with Crippen LogP contribution in [0.25, 0.3) is 0 Å². The Kier molecular flexibility index (Phi) is 4.41. The normalized spacial score (nSPS) is 16.0. The number of rotatable bonds is 4. The van der Waals surface area contributed by atoms with E-state index in [1.54, 1.807) is 0 Å². The highest BCUT2D eigenvalue weighted by atomic mass is 16.1. The van der Waals surface area contributed by atoms with Gasteiger partial charge in [-0.1, -0.05) is 6.07 Å². The van der Waals surface area contributed by atoms with E-state index in [0.29, 0.717) is 12.2 Å². The summed E-state index contributed by atoms with van der Waals surface area (Å²) in [7, 11) is 0. The summed E-state index contributed by atoms with van der Waals surface area (Å²) < 4.78 is 0. The molecule has 0 atom stereocenters. The highest BCUT2D eigenvalue weighted by molar-refractivity contribution is 5.99. The molecule has 1 aliphatic rings. The molecule has 19 heavy (non-hydrogen) atoms. The van der Waals surface area contributed by atoms with Crippen LogP contribution in [-0.2, 0) is 0 Å². The standard InChI is InChI=1S/C17H25NO/c1-12-11-13(2)15(4)17(14(12)3)16(19)7-10-18-8-5-6-9-18/h11H,5-10H2,1-4H3. The molecule has 0 bridgehead atoms. The van der Waals surface area contributed by atoms with Gasteiger partial charge >= 0.3 is 0 Å². The zero-order chi connectivity index (χ0) is 14.0. The quantitative estimate of drug-likeness (QED) is 0.770. The van der Waals surface area contributed by atoms with Crippen LogP contribution in [0.15, 0.2) is 6.07 Å². The fourth-order valence-electron chi connectivity index (χ4n) is 3.03. The van der Waals surface area contributed by atoms with Gasteiger partial charge in [0.05, 0.1) is 0 Å². The number of nitrogens with zero attached hydrogens (tertiary/aromatic N) is 1. The van der Waals surface area contributed by atoms with E-state index < -0.39 is 0 Å². The lowest BCUT2D eigenvalue weighted by atomic mass is 9.91. The number of benzene rings is 1. The number of Topliss-reactive ketones (excluding diaryl/α,β-unsaturated/α-hetero) is 1. The van der Waals surface area contributed by atoms with Crippen molar-refractivity contribution in [2.45, 2.75) is 47.0 Å². The third kappa shape index (κ3) is 3.06. The second-order valence-electron chi connectivity index (χ2n) is 5.86. The lowest BCUT2D eigenvalue weighted by Crippen LogP contribution is -2.23. The number of carbonyl (C=O) groups is 1. The van der Waals surface area contributed by atoms with Crippen LogP contribution < -0.4 is 0 Å². The van der Waals surface area contributed by atoms with Gasteiger partial charge in [0.25, 0.3) is 0 Å². The Balaban J connectivity index is 2.14. The molecule has 1 aliphatic heterocycles. The average molecular weight is 259 g/mol. The van der Waals surface area contributed by atoms with Crippen molar-refractivity contribution in [2.24, 2.45) is 0 Å². The molecule has 0 unspecified atom stereocenters. The predicted molar refractivity (Wildman–Crippen MR) is 80.0 cm³/mol. The van der Waals surface area contributed by atoms with E-state index in [1.807, 2.05) is 0 Å². The van der Waals surface area contributed by atoms with E-state index in [1.165, 1.54) is 24.0 Å². The third-order valence-corrected chi connectivity index (χ3v) is 4.50. The lowest BCUT2D eigenvalue weighted by molar-refractivity contribution is 0.0967. The van der Waals surface area contributed by atoms with Crippen molar-refractivity contribution in [3.63, 3.8) is 0 Å². The molecule has 2 nitrogen and oxygen atoms in total. The molecule has 1 aromatic carbocycles. The molecule has 0 aliphatic carbocycles. The summed E-state index contributed by atoms with van der Waals surface area (Å²) in [6.07, 6.45) is 3.23. The molecule has 0 spiro atoms. The second-order valence-corrected chi connectivity index (χ2v) is 5.86. The average Bonchev–Trinajstić information content (AvgIpc) is 2.87. The first-order valence-electron chi connectivity index (χ1n) is 7.33.